The van der Waals surface area contributed by atoms with Crippen LogP contribution in [0.3, 0.4) is 0 Å². The minimum atomic E-state index is -3.76. The first-order chi connectivity index (χ1) is 19.4. The van der Waals surface area contributed by atoms with Crippen LogP contribution in [-0.4, -0.2) is 67.5 Å². The van der Waals surface area contributed by atoms with Gasteiger partial charge in [-0.2, -0.15) is 0 Å². The molecule has 12 heteroatoms. The Morgan fingerprint density at radius 3 is 2.44 bits per heavy atom. The molecule has 41 heavy (non-hydrogen) atoms. The Hall–Kier alpha value is -3.25. The number of sulfone groups is 1. The van der Waals surface area contributed by atoms with E-state index in [1.165, 1.54) is 12.1 Å². The molecule has 0 unspecified atom stereocenters. The number of hydrogen-bond donors (Lipinski definition) is 3. The molecular weight excluding hydrogens is 566 g/mol. The van der Waals surface area contributed by atoms with E-state index in [-0.39, 0.29) is 17.5 Å². The van der Waals surface area contributed by atoms with Crippen molar-refractivity contribution in [2.45, 2.75) is 54.8 Å². The summed E-state index contributed by atoms with van der Waals surface area (Å²) in [7, 11) is -3.76. The molecule has 3 N–H and O–H groups in total. The Balaban J connectivity index is 1.51. The van der Waals surface area contributed by atoms with E-state index in [0.717, 1.165) is 0 Å². The Labute approximate surface area is 245 Å². The van der Waals surface area contributed by atoms with Gasteiger partial charge >= 0.3 is 6.03 Å². The summed E-state index contributed by atoms with van der Waals surface area (Å²) in [6, 6.07) is 14.7. The molecule has 1 aromatic heterocycles. The van der Waals surface area contributed by atoms with Gasteiger partial charge in [0.25, 0.3) is 0 Å². The Morgan fingerprint density at radius 2 is 1.83 bits per heavy atom. The fraction of sp³-hybridized carbons (Fsp3) is 0.414. The number of ether oxygens (including phenoxy) is 1. The van der Waals surface area contributed by atoms with Crippen LogP contribution in [0.4, 0.5) is 16.3 Å². The van der Waals surface area contributed by atoms with Gasteiger partial charge in [-0.15, -0.1) is 0 Å². The minimum Gasteiger partial charge on any atom is -0.394 e. The molecule has 1 saturated carbocycles. The van der Waals surface area contributed by atoms with E-state index in [4.69, 9.17) is 26.3 Å². The van der Waals surface area contributed by atoms with Gasteiger partial charge in [0.1, 0.15) is 10.6 Å². The topological polar surface area (TPSA) is 134 Å². The lowest BCUT2D eigenvalue weighted by molar-refractivity contribution is 0.0985. The average Bonchev–Trinajstić information content (AvgIpc) is 3.76. The lowest BCUT2D eigenvalue weighted by atomic mass is 10.1. The van der Waals surface area contributed by atoms with Gasteiger partial charge in [-0.05, 0) is 82.1 Å². The molecule has 0 radical (unpaired) electrons. The van der Waals surface area contributed by atoms with Gasteiger partial charge in [0.2, 0.25) is 0 Å². The number of halogens is 1. The molecule has 2 amide bonds. The van der Waals surface area contributed by atoms with Crippen LogP contribution >= 0.6 is 11.6 Å². The number of nitrogens with zero attached hydrogens (tertiary/aromatic N) is 3. The number of urea groups is 1. The zero-order chi connectivity index (χ0) is 29.4. The zero-order valence-corrected chi connectivity index (χ0v) is 24.8. The SMILES string of the molecule is C[C@H]1COCCN1c1cc(C2(S(=O)(=O)c3ccc(Cl)cc3)CC2)nc(-c2ccc(NC(=O)NC(C)(C)CO)cc2)n1. The monoisotopic (exact) mass is 599 g/mol. The van der Waals surface area contributed by atoms with E-state index in [1.807, 2.05) is 6.92 Å². The van der Waals surface area contributed by atoms with Gasteiger partial charge in [0.15, 0.2) is 15.7 Å². The summed E-state index contributed by atoms with van der Waals surface area (Å²) in [6.07, 6.45) is 0.906. The highest BCUT2D eigenvalue weighted by molar-refractivity contribution is 7.92. The van der Waals surface area contributed by atoms with Crippen molar-refractivity contribution in [3.05, 3.63) is 65.3 Å². The number of aliphatic hydroxyl groups is 1. The molecule has 1 atom stereocenters. The van der Waals surface area contributed by atoms with E-state index in [1.54, 1.807) is 56.3 Å². The average molecular weight is 600 g/mol. The number of morpholine rings is 1. The molecule has 2 heterocycles. The number of aromatic nitrogens is 2. The van der Waals surface area contributed by atoms with Crippen LogP contribution < -0.4 is 15.5 Å². The maximum Gasteiger partial charge on any atom is 0.319 e. The fourth-order valence-corrected chi connectivity index (χ4v) is 6.93. The molecule has 2 fully saturated rings. The number of amides is 2. The predicted molar refractivity (Wildman–Crippen MR) is 158 cm³/mol. The maximum absolute atomic E-state index is 13.9. The molecule has 10 nitrogen and oxygen atoms in total. The fourth-order valence-electron chi connectivity index (χ4n) is 4.84. The van der Waals surface area contributed by atoms with Crippen LogP contribution in [-0.2, 0) is 19.3 Å². The summed E-state index contributed by atoms with van der Waals surface area (Å²) in [5.74, 6) is 1.04. The van der Waals surface area contributed by atoms with E-state index in [0.29, 0.717) is 66.2 Å². The predicted octanol–water partition coefficient (Wildman–Crippen LogP) is 4.38. The molecule has 1 aliphatic heterocycles. The number of hydrogen-bond acceptors (Lipinski definition) is 8. The van der Waals surface area contributed by atoms with Crippen molar-refractivity contribution in [1.29, 1.82) is 0 Å². The van der Waals surface area contributed by atoms with E-state index in [9.17, 15) is 18.3 Å². The molecule has 2 aliphatic rings. The van der Waals surface area contributed by atoms with Crippen molar-refractivity contribution >= 4 is 39.0 Å². The Kier molecular flexibility index (Phi) is 7.99. The number of anilines is 2. The van der Waals surface area contributed by atoms with E-state index in [2.05, 4.69) is 15.5 Å². The number of aliphatic hydroxyl groups excluding tert-OH is 1. The quantitative estimate of drug-likeness (QED) is 0.347. The molecule has 1 aliphatic carbocycles. The van der Waals surface area contributed by atoms with Crippen LogP contribution in [0.5, 0.6) is 0 Å². The van der Waals surface area contributed by atoms with E-state index >= 15 is 0 Å². The molecular formula is C29H34ClN5O5S. The molecule has 5 rings (SSSR count). The van der Waals surface area contributed by atoms with Crippen molar-refractivity contribution in [2.75, 3.05) is 36.6 Å². The second-order valence-corrected chi connectivity index (χ2v) is 13.9. The van der Waals surface area contributed by atoms with Gasteiger partial charge < -0.3 is 25.4 Å². The number of benzene rings is 2. The van der Waals surface area contributed by atoms with Gasteiger partial charge in [-0.25, -0.2) is 23.2 Å². The smallest absolute Gasteiger partial charge is 0.319 e. The maximum atomic E-state index is 13.9. The van der Waals surface area contributed by atoms with Crippen LogP contribution in [0.15, 0.2) is 59.5 Å². The molecule has 0 bridgehead atoms. The third-order valence-electron chi connectivity index (χ3n) is 7.43. The zero-order valence-electron chi connectivity index (χ0n) is 23.2. The highest BCUT2D eigenvalue weighted by Gasteiger charge is 2.58. The van der Waals surface area contributed by atoms with Gasteiger partial charge in [-0.3, -0.25) is 0 Å². The normalized spacial score (nSPS) is 18.6. The minimum absolute atomic E-state index is 0.0515. The molecule has 218 valence electrons. The van der Waals surface area contributed by atoms with Crippen molar-refractivity contribution in [1.82, 2.24) is 15.3 Å². The van der Waals surface area contributed by atoms with Crippen LogP contribution in [0, 0.1) is 0 Å². The van der Waals surface area contributed by atoms with Crippen LogP contribution in [0.1, 0.15) is 39.3 Å². The summed E-state index contributed by atoms with van der Waals surface area (Å²) >= 11 is 6.02. The standard InChI is InChI=1S/C29H34ClN5O5S/c1-19-17-40-15-14-35(19)25-16-24(29(12-13-29)41(38,39)23-10-6-21(30)7-11-23)32-26(33-25)20-4-8-22(9-5-20)31-27(37)34-28(2,3)18-36/h4-11,16,19,36H,12-15,17-18H2,1-3H3,(H2,31,34,37)/t19-/m0/s1. The number of carbonyl (C=O) groups excluding carboxylic acids is 1. The highest BCUT2D eigenvalue weighted by Crippen LogP contribution is 2.55. The number of nitrogens with one attached hydrogen (secondary N) is 2. The van der Waals surface area contributed by atoms with E-state index < -0.39 is 26.2 Å². The summed E-state index contributed by atoms with van der Waals surface area (Å²) in [6.45, 7) is 6.98. The van der Waals surface area contributed by atoms with Crippen LogP contribution in [0.25, 0.3) is 11.4 Å². The van der Waals surface area contributed by atoms with Crippen molar-refractivity contribution < 1.29 is 23.1 Å². The first-order valence-electron chi connectivity index (χ1n) is 13.5. The van der Waals surface area contributed by atoms with Gasteiger partial charge in [0, 0.05) is 28.9 Å². The summed E-state index contributed by atoms with van der Waals surface area (Å²) in [5.41, 5.74) is 0.910. The van der Waals surface area contributed by atoms with Gasteiger partial charge in [0.05, 0.1) is 42.0 Å². The third kappa shape index (κ3) is 6.04. The van der Waals surface area contributed by atoms with Crippen molar-refractivity contribution in [3.8, 4) is 11.4 Å². The second kappa shape index (κ2) is 11.2. The lowest BCUT2D eigenvalue weighted by Crippen LogP contribution is -2.48. The Morgan fingerprint density at radius 1 is 1.15 bits per heavy atom. The van der Waals surface area contributed by atoms with Crippen molar-refractivity contribution in [3.63, 3.8) is 0 Å². The second-order valence-electron chi connectivity index (χ2n) is 11.2. The number of rotatable bonds is 8. The molecule has 3 aromatic rings. The summed E-state index contributed by atoms with van der Waals surface area (Å²) in [4.78, 5) is 24.3. The summed E-state index contributed by atoms with van der Waals surface area (Å²) in [5, 5.41) is 15.3. The molecule has 0 spiro atoms. The first-order valence-corrected chi connectivity index (χ1v) is 15.3. The van der Waals surface area contributed by atoms with Gasteiger partial charge in [-0.1, -0.05) is 11.6 Å². The Bertz CT molecular complexity index is 1530. The first kappa shape index (κ1) is 29.2. The highest BCUT2D eigenvalue weighted by atomic mass is 35.5. The third-order valence-corrected chi connectivity index (χ3v) is 10.2. The molecule has 1 saturated heterocycles. The number of carbonyl (C=O) groups is 1. The molecule has 2 aromatic carbocycles. The van der Waals surface area contributed by atoms with Crippen molar-refractivity contribution in [2.24, 2.45) is 0 Å². The van der Waals surface area contributed by atoms with Crippen LogP contribution in [0.2, 0.25) is 5.02 Å². The summed E-state index contributed by atoms with van der Waals surface area (Å²) < 4.78 is 32.3. The largest absolute Gasteiger partial charge is 0.394 e. The lowest BCUT2D eigenvalue weighted by Gasteiger charge is -2.34.